The molecule has 0 fully saturated rings. The summed E-state index contributed by atoms with van der Waals surface area (Å²) in [4.78, 5) is 9.37. The summed E-state index contributed by atoms with van der Waals surface area (Å²) in [5.74, 6) is 0. The number of aryl methyl sites for hydroxylation is 1. The van der Waals surface area contributed by atoms with Gasteiger partial charge >= 0.3 is 0 Å². The van der Waals surface area contributed by atoms with Crippen LogP contribution in [0.2, 0.25) is 0 Å². The van der Waals surface area contributed by atoms with E-state index in [0.29, 0.717) is 0 Å². The fraction of sp³-hybridized carbons (Fsp3) is 0.643. The summed E-state index contributed by atoms with van der Waals surface area (Å²) in [6.07, 6.45) is 25.2. The number of unbranched alkanes of at least 4 members (excludes halogenated alkanes) is 12. The molecule has 0 aromatic carbocycles. The van der Waals surface area contributed by atoms with Crippen molar-refractivity contribution in [1.29, 1.82) is 0 Å². The Morgan fingerprint density at radius 1 is 0.567 bits per heavy atom. The lowest BCUT2D eigenvalue weighted by molar-refractivity contribution is 0.583. The first-order valence-corrected chi connectivity index (χ1v) is 12.7. The summed E-state index contributed by atoms with van der Waals surface area (Å²) in [7, 11) is 0. The van der Waals surface area contributed by atoms with Crippen LogP contribution in [0.3, 0.4) is 0 Å². The highest BCUT2D eigenvalue weighted by atomic mass is 14.8. The van der Waals surface area contributed by atoms with Gasteiger partial charge in [0.2, 0.25) is 0 Å². The summed E-state index contributed by atoms with van der Waals surface area (Å²) in [5.41, 5.74) is 5.10. The van der Waals surface area contributed by atoms with Gasteiger partial charge in [-0.1, -0.05) is 97.0 Å². The van der Waals surface area contributed by atoms with Gasteiger partial charge in [-0.25, -0.2) is 0 Å². The maximum atomic E-state index is 4.76. The highest BCUT2D eigenvalue weighted by Crippen LogP contribution is 2.26. The van der Waals surface area contributed by atoms with E-state index >= 15 is 0 Å². The van der Waals surface area contributed by atoms with E-state index in [1.165, 1.54) is 107 Å². The van der Waals surface area contributed by atoms with Gasteiger partial charge in [-0.05, 0) is 55.0 Å². The van der Waals surface area contributed by atoms with Crippen LogP contribution in [0.25, 0.3) is 11.4 Å². The van der Waals surface area contributed by atoms with Crippen molar-refractivity contribution in [2.75, 3.05) is 0 Å². The quantitative estimate of drug-likeness (QED) is 0.244. The van der Waals surface area contributed by atoms with Gasteiger partial charge in [0.1, 0.15) is 0 Å². The average molecular weight is 409 g/mol. The zero-order valence-electron chi connectivity index (χ0n) is 19.7. The third-order valence-corrected chi connectivity index (χ3v) is 6.14. The molecule has 0 aliphatic rings. The number of hydrogen-bond acceptors (Lipinski definition) is 2. The number of rotatable bonds is 17. The molecule has 0 radical (unpaired) electrons. The molecule has 2 nitrogen and oxygen atoms in total. The van der Waals surface area contributed by atoms with Crippen molar-refractivity contribution in [3.8, 4) is 11.4 Å². The van der Waals surface area contributed by atoms with Crippen molar-refractivity contribution in [2.24, 2.45) is 0 Å². The normalized spacial score (nSPS) is 11.1. The van der Waals surface area contributed by atoms with Crippen LogP contribution >= 0.6 is 0 Å². The Morgan fingerprint density at radius 2 is 1.17 bits per heavy atom. The van der Waals surface area contributed by atoms with E-state index < -0.39 is 0 Å². The number of nitrogens with zero attached hydrogens (tertiary/aromatic N) is 2. The fourth-order valence-corrected chi connectivity index (χ4v) is 4.30. The molecular weight excluding hydrogens is 364 g/mol. The predicted octanol–water partition coefficient (Wildman–Crippen LogP) is 8.73. The molecule has 0 bridgehead atoms. The minimum atomic E-state index is 1.02. The second-order valence-corrected chi connectivity index (χ2v) is 8.75. The van der Waals surface area contributed by atoms with Crippen molar-refractivity contribution in [3.63, 3.8) is 0 Å². The number of pyridine rings is 2. The van der Waals surface area contributed by atoms with Crippen molar-refractivity contribution in [2.45, 2.75) is 117 Å². The Morgan fingerprint density at radius 3 is 1.77 bits per heavy atom. The molecule has 0 atom stereocenters. The van der Waals surface area contributed by atoms with E-state index in [0.717, 1.165) is 17.8 Å². The summed E-state index contributed by atoms with van der Waals surface area (Å²) < 4.78 is 0. The van der Waals surface area contributed by atoms with Crippen LogP contribution in [0.5, 0.6) is 0 Å². The van der Waals surface area contributed by atoms with Crippen molar-refractivity contribution in [3.05, 3.63) is 47.8 Å². The van der Waals surface area contributed by atoms with E-state index in [-0.39, 0.29) is 0 Å². The molecule has 0 spiro atoms. The first-order chi connectivity index (χ1) is 14.9. The van der Waals surface area contributed by atoms with E-state index in [1.54, 1.807) is 0 Å². The van der Waals surface area contributed by atoms with E-state index in [4.69, 9.17) is 4.98 Å². The Labute approximate surface area is 185 Å². The van der Waals surface area contributed by atoms with Crippen LogP contribution in [0.4, 0.5) is 0 Å². The maximum absolute atomic E-state index is 4.76. The molecule has 2 aromatic heterocycles. The molecule has 0 aliphatic heterocycles. The summed E-state index contributed by atoms with van der Waals surface area (Å²) in [5, 5.41) is 0. The second kappa shape index (κ2) is 16.1. The molecule has 0 N–H and O–H groups in total. The second-order valence-electron chi connectivity index (χ2n) is 8.75. The Hall–Kier alpha value is -1.70. The summed E-state index contributed by atoms with van der Waals surface area (Å²) >= 11 is 0. The topological polar surface area (TPSA) is 25.8 Å². The largest absolute Gasteiger partial charge is 0.255 e. The van der Waals surface area contributed by atoms with Crippen LogP contribution in [-0.4, -0.2) is 9.97 Å². The molecule has 0 unspecified atom stereocenters. The number of aromatic nitrogens is 2. The smallest absolute Gasteiger partial charge is 0.0920 e. The van der Waals surface area contributed by atoms with Gasteiger partial charge in [0.25, 0.3) is 0 Å². The molecule has 30 heavy (non-hydrogen) atoms. The van der Waals surface area contributed by atoms with E-state index in [1.807, 2.05) is 18.5 Å². The highest BCUT2D eigenvalue weighted by Gasteiger charge is 2.12. The zero-order chi connectivity index (χ0) is 21.3. The standard InChI is InChI=1S/C28H44N2/c1-3-5-7-9-11-13-15-19-25-22-24-30-28(27-21-17-18-23-29-27)26(25)20-16-14-12-10-8-6-4-2/h17-18,21-24H,3-16,19-20H2,1-2H3. The van der Waals surface area contributed by atoms with E-state index in [9.17, 15) is 0 Å². The minimum Gasteiger partial charge on any atom is -0.255 e. The summed E-state index contributed by atoms with van der Waals surface area (Å²) in [6.45, 7) is 4.57. The Balaban J connectivity index is 1.94. The van der Waals surface area contributed by atoms with Crippen molar-refractivity contribution in [1.82, 2.24) is 9.97 Å². The molecule has 0 saturated carbocycles. The summed E-state index contributed by atoms with van der Waals surface area (Å²) in [6, 6.07) is 8.43. The fourth-order valence-electron chi connectivity index (χ4n) is 4.30. The molecule has 0 saturated heterocycles. The first-order valence-electron chi connectivity index (χ1n) is 12.7. The van der Waals surface area contributed by atoms with Gasteiger partial charge in [0.15, 0.2) is 0 Å². The van der Waals surface area contributed by atoms with Gasteiger partial charge in [-0.2, -0.15) is 0 Å². The Kier molecular flexibility index (Phi) is 13.1. The lowest BCUT2D eigenvalue weighted by Gasteiger charge is -2.14. The first kappa shape index (κ1) is 24.6. The van der Waals surface area contributed by atoms with Gasteiger partial charge < -0.3 is 0 Å². The Bertz CT molecular complexity index is 666. The SMILES string of the molecule is CCCCCCCCCc1ccnc(-c2ccccn2)c1CCCCCCCCC. The third kappa shape index (κ3) is 9.41. The molecule has 2 aromatic rings. The van der Waals surface area contributed by atoms with Crippen molar-refractivity contribution < 1.29 is 0 Å². The molecule has 2 rings (SSSR count). The predicted molar refractivity (Wildman–Crippen MR) is 131 cm³/mol. The van der Waals surface area contributed by atoms with Gasteiger partial charge in [-0.15, -0.1) is 0 Å². The van der Waals surface area contributed by atoms with E-state index in [2.05, 4.69) is 37.0 Å². The van der Waals surface area contributed by atoms with Crippen LogP contribution in [-0.2, 0) is 12.8 Å². The monoisotopic (exact) mass is 408 g/mol. The molecule has 0 amide bonds. The average Bonchev–Trinajstić information content (AvgIpc) is 2.79. The van der Waals surface area contributed by atoms with Crippen LogP contribution in [0.15, 0.2) is 36.7 Å². The molecular formula is C28H44N2. The molecule has 0 aliphatic carbocycles. The molecule has 166 valence electrons. The van der Waals surface area contributed by atoms with Crippen LogP contribution in [0.1, 0.15) is 115 Å². The molecule has 2 heterocycles. The maximum Gasteiger partial charge on any atom is 0.0920 e. The highest BCUT2D eigenvalue weighted by molar-refractivity contribution is 5.60. The van der Waals surface area contributed by atoms with Gasteiger partial charge in [-0.3, -0.25) is 9.97 Å². The van der Waals surface area contributed by atoms with Gasteiger partial charge in [0.05, 0.1) is 11.4 Å². The minimum absolute atomic E-state index is 1.02. The lowest BCUT2D eigenvalue weighted by atomic mass is 9.94. The third-order valence-electron chi connectivity index (χ3n) is 6.14. The van der Waals surface area contributed by atoms with Crippen LogP contribution < -0.4 is 0 Å². The zero-order valence-corrected chi connectivity index (χ0v) is 19.7. The van der Waals surface area contributed by atoms with Crippen LogP contribution in [0, 0.1) is 0 Å². The van der Waals surface area contributed by atoms with Gasteiger partial charge in [0, 0.05) is 12.4 Å². The van der Waals surface area contributed by atoms with Crippen molar-refractivity contribution >= 4 is 0 Å². The lowest BCUT2D eigenvalue weighted by Crippen LogP contribution is -2.02. The number of hydrogen-bond donors (Lipinski definition) is 0. The molecule has 2 heteroatoms.